The average molecular weight is 218 g/mol. The smallest absolute Gasteiger partial charge is 0.317 e. The van der Waals surface area contributed by atoms with Crippen LogP contribution in [-0.4, -0.2) is 41.3 Å². The van der Waals surface area contributed by atoms with Crippen LogP contribution in [0.4, 0.5) is 0 Å². The molecule has 0 rings (SSSR count). The van der Waals surface area contributed by atoms with E-state index in [1.807, 2.05) is 0 Å². The van der Waals surface area contributed by atoms with Gasteiger partial charge in [-0.25, -0.2) is 0 Å². The van der Waals surface area contributed by atoms with Gasteiger partial charge in [-0.05, 0) is 13.8 Å². The number of nitrogens with two attached hydrogens (primary N) is 1. The van der Waals surface area contributed by atoms with Crippen molar-refractivity contribution in [3.63, 3.8) is 0 Å². The van der Waals surface area contributed by atoms with Crippen LogP contribution in [0.25, 0.3) is 0 Å². The fraction of sp³-hybridized carbons (Fsp3) is 0.556. The summed E-state index contributed by atoms with van der Waals surface area (Å²) in [4.78, 5) is 20.0. The third-order valence-corrected chi connectivity index (χ3v) is 1.12. The van der Waals surface area contributed by atoms with Crippen molar-refractivity contribution < 1.29 is 19.8 Å². The lowest BCUT2D eigenvalue weighted by molar-refractivity contribution is -0.135. The lowest BCUT2D eigenvalue weighted by Gasteiger charge is -2.05. The molecule has 88 valence electrons. The predicted octanol–water partition coefficient (Wildman–Crippen LogP) is -0.911. The maximum absolute atomic E-state index is 10.7. The van der Waals surface area contributed by atoms with Crippen LogP contribution in [0, 0.1) is 0 Å². The summed E-state index contributed by atoms with van der Waals surface area (Å²) < 4.78 is 0. The van der Waals surface area contributed by atoms with E-state index in [2.05, 4.69) is 17.6 Å². The van der Waals surface area contributed by atoms with Crippen molar-refractivity contribution in [1.29, 1.82) is 0 Å². The zero-order valence-corrected chi connectivity index (χ0v) is 8.99. The molecule has 0 radical (unpaired) electrons. The Hall–Kier alpha value is -1.40. The monoisotopic (exact) mass is 218 g/mol. The number of hydrogen-bond acceptors (Lipinski definition) is 4. The van der Waals surface area contributed by atoms with Gasteiger partial charge in [0, 0.05) is 12.1 Å². The van der Waals surface area contributed by atoms with Gasteiger partial charge in [-0.2, -0.15) is 0 Å². The molecule has 6 nitrogen and oxygen atoms in total. The van der Waals surface area contributed by atoms with E-state index in [-0.39, 0.29) is 19.0 Å². The number of aliphatic hydroxyl groups excluding tert-OH is 1. The van der Waals surface area contributed by atoms with Crippen LogP contribution >= 0.6 is 0 Å². The molecule has 6 heteroatoms. The SMILES string of the molecule is C=C(C)C(=O)NCC(C)O.NCC(=O)O. The van der Waals surface area contributed by atoms with Gasteiger partial charge in [0.05, 0.1) is 12.6 Å². The topological polar surface area (TPSA) is 113 Å². The number of aliphatic hydroxyl groups is 1. The van der Waals surface area contributed by atoms with E-state index in [9.17, 15) is 9.59 Å². The Morgan fingerprint density at radius 2 is 1.93 bits per heavy atom. The van der Waals surface area contributed by atoms with Crippen LogP contribution in [0.3, 0.4) is 0 Å². The standard InChI is InChI=1S/C7H13NO2.C2H5NO2/c1-5(2)7(10)8-4-6(3)9;3-1-2(4)5/h6,9H,1,4H2,2-3H3,(H,8,10);1,3H2,(H,4,5). The molecule has 0 heterocycles. The Bertz CT molecular complexity index is 226. The Balaban J connectivity index is 0. The van der Waals surface area contributed by atoms with Gasteiger partial charge in [-0.15, -0.1) is 0 Å². The summed E-state index contributed by atoms with van der Waals surface area (Å²) in [5.74, 6) is -1.18. The highest BCUT2D eigenvalue weighted by Crippen LogP contribution is 1.85. The zero-order chi connectivity index (χ0) is 12.4. The Kier molecular flexibility index (Phi) is 9.81. The van der Waals surface area contributed by atoms with Gasteiger partial charge in [0.1, 0.15) is 0 Å². The number of carbonyl (C=O) groups excluding carboxylic acids is 1. The van der Waals surface area contributed by atoms with Gasteiger partial charge in [-0.1, -0.05) is 6.58 Å². The number of aliphatic carboxylic acids is 1. The third-order valence-electron chi connectivity index (χ3n) is 1.12. The molecule has 5 N–H and O–H groups in total. The highest BCUT2D eigenvalue weighted by Gasteiger charge is 2.01. The maximum atomic E-state index is 10.7. The second-order valence-corrected chi connectivity index (χ2v) is 2.94. The van der Waals surface area contributed by atoms with Gasteiger partial charge in [0.2, 0.25) is 5.91 Å². The Morgan fingerprint density at radius 3 is 2.13 bits per heavy atom. The van der Waals surface area contributed by atoms with Crippen LogP contribution in [0.15, 0.2) is 12.2 Å². The molecule has 1 unspecified atom stereocenters. The summed E-state index contributed by atoms with van der Waals surface area (Å²) in [5, 5.41) is 18.8. The molecule has 0 spiro atoms. The first-order valence-electron chi connectivity index (χ1n) is 4.34. The molecule has 0 saturated heterocycles. The molecule has 0 saturated carbocycles. The van der Waals surface area contributed by atoms with Gasteiger partial charge in [-0.3, -0.25) is 9.59 Å². The fourth-order valence-corrected chi connectivity index (χ4v) is 0.391. The zero-order valence-electron chi connectivity index (χ0n) is 8.99. The minimum Gasteiger partial charge on any atom is -0.480 e. The largest absolute Gasteiger partial charge is 0.480 e. The molecular formula is C9H18N2O4. The van der Waals surface area contributed by atoms with E-state index in [1.54, 1.807) is 13.8 Å². The summed E-state index contributed by atoms with van der Waals surface area (Å²) >= 11 is 0. The van der Waals surface area contributed by atoms with Crippen molar-refractivity contribution in [2.75, 3.05) is 13.1 Å². The molecule has 0 aromatic carbocycles. The maximum Gasteiger partial charge on any atom is 0.317 e. The van der Waals surface area contributed by atoms with E-state index in [0.717, 1.165) is 0 Å². The van der Waals surface area contributed by atoms with Crippen molar-refractivity contribution >= 4 is 11.9 Å². The van der Waals surface area contributed by atoms with Crippen molar-refractivity contribution in [1.82, 2.24) is 5.32 Å². The van der Waals surface area contributed by atoms with Gasteiger partial charge < -0.3 is 21.3 Å². The summed E-state index contributed by atoms with van der Waals surface area (Å²) in [5.41, 5.74) is 5.03. The normalized spacial score (nSPS) is 10.7. The predicted molar refractivity (Wildman–Crippen MR) is 56.2 cm³/mol. The second-order valence-electron chi connectivity index (χ2n) is 2.94. The lowest BCUT2D eigenvalue weighted by Crippen LogP contribution is -2.30. The molecule has 15 heavy (non-hydrogen) atoms. The number of carboxylic acids is 1. The second kappa shape index (κ2) is 9.17. The molecule has 0 aliphatic rings. The summed E-state index contributed by atoms with van der Waals surface area (Å²) in [6.07, 6.45) is -0.497. The molecule has 0 aliphatic carbocycles. The van der Waals surface area contributed by atoms with Gasteiger partial charge >= 0.3 is 5.97 Å². The van der Waals surface area contributed by atoms with E-state index in [4.69, 9.17) is 10.2 Å². The van der Waals surface area contributed by atoms with Gasteiger partial charge in [0.15, 0.2) is 0 Å². The Morgan fingerprint density at radius 1 is 1.53 bits per heavy atom. The van der Waals surface area contributed by atoms with Crippen molar-refractivity contribution in [3.8, 4) is 0 Å². The first-order valence-corrected chi connectivity index (χ1v) is 4.34. The van der Waals surface area contributed by atoms with Crippen LogP contribution < -0.4 is 11.1 Å². The first kappa shape index (κ1) is 16.0. The van der Waals surface area contributed by atoms with E-state index < -0.39 is 12.1 Å². The Labute approximate surface area is 88.8 Å². The molecule has 0 fully saturated rings. The van der Waals surface area contributed by atoms with Crippen LogP contribution in [0.2, 0.25) is 0 Å². The van der Waals surface area contributed by atoms with Crippen LogP contribution in [-0.2, 0) is 9.59 Å². The molecule has 1 amide bonds. The molecule has 1 atom stereocenters. The molecule has 0 aromatic rings. The first-order chi connectivity index (χ1) is 6.81. The van der Waals surface area contributed by atoms with Crippen LogP contribution in [0.5, 0.6) is 0 Å². The number of carbonyl (C=O) groups is 2. The minimum atomic E-state index is -0.968. The van der Waals surface area contributed by atoms with Gasteiger partial charge in [0.25, 0.3) is 0 Å². The molecule has 0 aliphatic heterocycles. The van der Waals surface area contributed by atoms with Crippen molar-refractivity contribution in [2.45, 2.75) is 20.0 Å². The fourth-order valence-electron chi connectivity index (χ4n) is 0.391. The highest BCUT2D eigenvalue weighted by atomic mass is 16.4. The molecule has 0 bridgehead atoms. The number of hydrogen-bond donors (Lipinski definition) is 4. The van der Waals surface area contributed by atoms with E-state index >= 15 is 0 Å². The number of carboxylic acid groups (broad SMARTS) is 1. The number of nitrogens with one attached hydrogen (secondary N) is 1. The molecular weight excluding hydrogens is 200 g/mol. The lowest BCUT2D eigenvalue weighted by atomic mass is 10.3. The molecule has 0 aromatic heterocycles. The summed E-state index contributed by atoms with van der Waals surface area (Å²) in [6.45, 7) is 6.68. The minimum absolute atomic E-state index is 0.207. The van der Waals surface area contributed by atoms with Crippen molar-refractivity contribution in [3.05, 3.63) is 12.2 Å². The number of rotatable bonds is 4. The van der Waals surface area contributed by atoms with Crippen LogP contribution in [0.1, 0.15) is 13.8 Å². The van der Waals surface area contributed by atoms with E-state index in [1.165, 1.54) is 0 Å². The average Bonchev–Trinajstić information content (AvgIpc) is 2.14. The third kappa shape index (κ3) is 15.4. The van der Waals surface area contributed by atoms with Crippen molar-refractivity contribution in [2.24, 2.45) is 5.73 Å². The number of amides is 1. The summed E-state index contributed by atoms with van der Waals surface area (Å²) in [7, 11) is 0. The summed E-state index contributed by atoms with van der Waals surface area (Å²) in [6, 6.07) is 0. The highest BCUT2D eigenvalue weighted by molar-refractivity contribution is 5.92. The quantitative estimate of drug-likeness (QED) is 0.456. The van der Waals surface area contributed by atoms with E-state index in [0.29, 0.717) is 5.57 Å².